The molecule has 0 radical (unpaired) electrons. The molecule has 1 unspecified atom stereocenters. The molecule has 19 heavy (non-hydrogen) atoms. The van der Waals surface area contributed by atoms with Gasteiger partial charge in [-0.1, -0.05) is 30.3 Å². The molecule has 0 saturated heterocycles. The molecule has 0 spiro atoms. The largest absolute Gasteiger partial charge is 0.481 e. The highest BCUT2D eigenvalue weighted by atomic mass is 16.4. The standard InChI is InChI=1S/C14H18N2O3/c15-14(8-9-14)13(19)16-11(6-7-12(17)18)10-4-2-1-3-5-10/h1-5,11H,6-9,15H2,(H,16,19)(H,17,18). The first-order valence-electron chi connectivity index (χ1n) is 6.38. The van der Waals surface area contributed by atoms with E-state index in [1.165, 1.54) is 0 Å². The van der Waals surface area contributed by atoms with Crippen molar-refractivity contribution in [1.29, 1.82) is 0 Å². The fraction of sp³-hybridized carbons (Fsp3) is 0.429. The van der Waals surface area contributed by atoms with Gasteiger partial charge in [0.05, 0.1) is 11.6 Å². The highest BCUT2D eigenvalue weighted by Crippen LogP contribution is 2.33. The number of hydrogen-bond donors (Lipinski definition) is 3. The van der Waals surface area contributed by atoms with Gasteiger partial charge in [0.25, 0.3) is 0 Å². The number of amides is 1. The lowest BCUT2D eigenvalue weighted by molar-refractivity contribution is -0.137. The Morgan fingerprint density at radius 3 is 2.47 bits per heavy atom. The molecule has 102 valence electrons. The van der Waals surface area contributed by atoms with Crippen molar-refractivity contribution in [3.8, 4) is 0 Å². The van der Waals surface area contributed by atoms with Gasteiger partial charge in [0.15, 0.2) is 0 Å². The average molecular weight is 262 g/mol. The van der Waals surface area contributed by atoms with Crippen LogP contribution in [-0.4, -0.2) is 22.5 Å². The zero-order valence-electron chi connectivity index (χ0n) is 10.6. The summed E-state index contributed by atoms with van der Waals surface area (Å²) < 4.78 is 0. The minimum atomic E-state index is -0.871. The van der Waals surface area contributed by atoms with Crippen LogP contribution >= 0.6 is 0 Å². The highest BCUT2D eigenvalue weighted by Gasteiger charge is 2.46. The number of carbonyl (C=O) groups excluding carboxylic acids is 1. The molecule has 0 heterocycles. The number of carbonyl (C=O) groups is 2. The summed E-state index contributed by atoms with van der Waals surface area (Å²) in [7, 11) is 0. The molecular weight excluding hydrogens is 244 g/mol. The number of carboxylic acids is 1. The molecule has 1 amide bonds. The Balaban J connectivity index is 2.05. The number of rotatable bonds is 6. The Morgan fingerprint density at radius 2 is 1.95 bits per heavy atom. The van der Waals surface area contributed by atoms with Crippen LogP contribution in [0.15, 0.2) is 30.3 Å². The van der Waals surface area contributed by atoms with Crippen LogP contribution in [0, 0.1) is 0 Å². The van der Waals surface area contributed by atoms with E-state index in [-0.39, 0.29) is 18.4 Å². The summed E-state index contributed by atoms with van der Waals surface area (Å²) in [6, 6.07) is 9.07. The zero-order valence-corrected chi connectivity index (χ0v) is 10.6. The van der Waals surface area contributed by atoms with Gasteiger partial charge in [-0.2, -0.15) is 0 Å². The number of carboxylic acid groups (broad SMARTS) is 1. The topological polar surface area (TPSA) is 92.4 Å². The summed E-state index contributed by atoms with van der Waals surface area (Å²) in [5.74, 6) is -1.06. The Bertz CT molecular complexity index is 469. The van der Waals surface area contributed by atoms with Gasteiger partial charge in [-0.25, -0.2) is 0 Å². The first-order valence-corrected chi connectivity index (χ1v) is 6.38. The number of benzene rings is 1. The minimum Gasteiger partial charge on any atom is -0.481 e. The second kappa shape index (κ2) is 5.40. The van der Waals surface area contributed by atoms with E-state index in [4.69, 9.17) is 10.8 Å². The molecule has 5 nitrogen and oxygen atoms in total. The third-order valence-corrected chi connectivity index (χ3v) is 3.40. The molecule has 0 bridgehead atoms. The zero-order chi connectivity index (χ0) is 13.9. The van der Waals surface area contributed by atoms with Crippen LogP contribution in [0.5, 0.6) is 0 Å². The number of nitrogens with two attached hydrogens (primary N) is 1. The second-order valence-electron chi connectivity index (χ2n) is 5.03. The van der Waals surface area contributed by atoms with Crippen LogP contribution in [0.25, 0.3) is 0 Å². The highest BCUT2D eigenvalue weighted by molar-refractivity contribution is 5.89. The summed E-state index contributed by atoms with van der Waals surface area (Å²) >= 11 is 0. The third-order valence-electron chi connectivity index (χ3n) is 3.40. The average Bonchev–Trinajstić information content (AvgIpc) is 3.14. The van der Waals surface area contributed by atoms with Gasteiger partial charge in [-0.05, 0) is 24.8 Å². The first kappa shape index (κ1) is 13.5. The summed E-state index contributed by atoms with van der Waals surface area (Å²) in [4.78, 5) is 22.7. The van der Waals surface area contributed by atoms with Crippen molar-refractivity contribution >= 4 is 11.9 Å². The Hall–Kier alpha value is -1.88. The van der Waals surface area contributed by atoms with E-state index >= 15 is 0 Å². The van der Waals surface area contributed by atoms with Crippen molar-refractivity contribution in [2.75, 3.05) is 0 Å². The third kappa shape index (κ3) is 3.54. The predicted molar refractivity (Wildman–Crippen MR) is 70.3 cm³/mol. The number of nitrogens with one attached hydrogen (secondary N) is 1. The summed E-state index contributed by atoms with van der Waals surface area (Å²) in [6.45, 7) is 0. The molecule has 0 aliphatic heterocycles. The van der Waals surface area contributed by atoms with E-state index in [0.29, 0.717) is 19.3 Å². The van der Waals surface area contributed by atoms with Crippen molar-refractivity contribution in [3.05, 3.63) is 35.9 Å². The normalized spacial score (nSPS) is 17.5. The fourth-order valence-electron chi connectivity index (χ4n) is 1.94. The van der Waals surface area contributed by atoms with Crippen LogP contribution in [0.1, 0.15) is 37.3 Å². The maximum Gasteiger partial charge on any atom is 0.303 e. The lowest BCUT2D eigenvalue weighted by Gasteiger charge is -2.20. The van der Waals surface area contributed by atoms with Gasteiger partial charge >= 0.3 is 5.97 Å². The minimum absolute atomic E-state index is 0.0113. The molecule has 2 rings (SSSR count). The van der Waals surface area contributed by atoms with Crippen molar-refractivity contribution in [3.63, 3.8) is 0 Å². The molecule has 1 aromatic rings. The maximum absolute atomic E-state index is 12.0. The molecule has 1 aliphatic rings. The first-order chi connectivity index (χ1) is 9.01. The van der Waals surface area contributed by atoms with Crippen molar-refractivity contribution in [2.45, 2.75) is 37.3 Å². The lowest BCUT2D eigenvalue weighted by Crippen LogP contribution is -2.44. The van der Waals surface area contributed by atoms with E-state index in [1.807, 2.05) is 30.3 Å². The van der Waals surface area contributed by atoms with Crippen LogP contribution in [0.4, 0.5) is 0 Å². The van der Waals surface area contributed by atoms with E-state index < -0.39 is 11.5 Å². The molecule has 1 aromatic carbocycles. The molecule has 1 atom stereocenters. The van der Waals surface area contributed by atoms with Gasteiger partial charge in [0.2, 0.25) is 5.91 Å². The van der Waals surface area contributed by atoms with Gasteiger partial charge in [0.1, 0.15) is 0 Å². The van der Waals surface area contributed by atoms with Gasteiger partial charge in [0, 0.05) is 6.42 Å². The van der Waals surface area contributed by atoms with Gasteiger partial charge in [-0.15, -0.1) is 0 Å². The van der Waals surface area contributed by atoms with E-state index in [9.17, 15) is 9.59 Å². The quantitative estimate of drug-likeness (QED) is 0.718. The molecular formula is C14H18N2O3. The summed E-state index contributed by atoms with van der Waals surface area (Å²) in [5.41, 5.74) is 6.01. The summed E-state index contributed by atoms with van der Waals surface area (Å²) in [5, 5.41) is 11.6. The number of hydrogen-bond acceptors (Lipinski definition) is 3. The van der Waals surface area contributed by atoms with E-state index in [2.05, 4.69) is 5.32 Å². The molecule has 0 aromatic heterocycles. The Labute approximate surface area is 111 Å². The molecule has 4 N–H and O–H groups in total. The fourth-order valence-corrected chi connectivity index (χ4v) is 1.94. The van der Waals surface area contributed by atoms with Crippen LogP contribution in [0.3, 0.4) is 0 Å². The van der Waals surface area contributed by atoms with Crippen molar-refractivity contribution in [2.24, 2.45) is 5.73 Å². The smallest absolute Gasteiger partial charge is 0.303 e. The molecule has 1 saturated carbocycles. The second-order valence-corrected chi connectivity index (χ2v) is 5.03. The monoisotopic (exact) mass is 262 g/mol. The number of aliphatic carboxylic acids is 1. The van der Waals surface area contributed by atoms with E-state index in [1.54, 1.807) is 0 Å². The Kier molecular flexibility index (Phi) is 3.85. The predicted octanol–water partition coefficient (Wildman–Crippen LogP) is 1.20. The van der Waals surface area contributed by atoms with Crippen molar-refractivity contribution in [1.82, 2.24) is 5.32 Å². The van der Waals surface area contributed by atoms with Crippen molar-refractivity contribution < 1.29 is 14.7 Å². The lowest BCUT2D eigenvalue weighted by atomic mass is 10.0. The Morgan fingerprint density at radius 1 is 1.32 bits per heavy atom. The molecule has 1 aliphatic carbocycles. The van der Waals surface area contributed by atoms with Crippen LogP contribution < -0.4 is 11.1 Å². The summed E-state index contributed by atoms with van der Waals surface area (Å²) in [6.07, 6.45) is 1.76. The molecule has 5 heteroatoms. The van der Waals surface area contributed by atoms with E-state index in [0.717, 1.165) is 5.56 Å². The molecule has 1 fully saturated rings. The van der Waals surface area contributed by atoms with Gasteiger partial charge < -0.3 is 16.2 Å². The van der Waals surface area contributed by atoms with Crippen LogP contribution in [0.2, 0.25) is 0 Å². The SMILES string of the molecule is NC1(C(=O)NC(CCC(=O)O)c2ccccc2)CC1. The van der Waals surface area contributed by atoms with Gasteiger partial charge in [-0.3, -0.25) is 9.59 Å². The van der Waals surface area contributed by atoms with Crippen LogP contribution in [-0.2, 0) is 9.59 Å². The maximum atomic E-state index is 12.0.